The quantitative estimate of drug-likeness (QED) is 0.271. The number of ether oxygens (including phenoxy) is 3. The lowest BCUT2D eigenvalue weighted by atomic mass is 10.1. The number of fused-ring (bicyclic) bond motifs is 2. The van der Waals surface area contributed by atoms with Crippen LogP contribution in [-0.2, 0) is 19.1 Å². The number of rotatable bonds is 10. The van der Waals surface area contributed by atoms with Gasteiger partial charge in [-0.15, -0.1) is 0 Å². The van der Waals surface area contributed by atoms with Crippen LogP contribution in [0.2, 0.25) is 0 Å². The van der Waals surface area contributed by atoms with Crippen LogP contribution in [-0.4, -0.2) is 71.7 Å². The number of nitrogens with zero attached hydrogens (tertiary/aromatic N) is 2. The summed E-state index contributed by atoms with van der Waals surface area (Å²) < 4.78 is 15.6. The molecule has 0 radical (unpaired) electrons. The molecule has 188 valence electrons. The van der Waals surface area contributed by atoms with Crippen LogP contribution in [0, 0.1) is 0 Å². The number of benzene rings is 2. The predicted molar refractivity (Wildman–Crippen MR) is 126 cm³/mol. The third-order valence-corrected chi connectivity index (χ3v) is 5.59. The van der Waals surface area contributed by atoms with Crippen molar-refractivity contribution in [1.82, 2.24) is 9.80 Å². The maximum atomic E-state index is 13.1. The van der Waals surface area contributed by atoms with Gasteiger partial charge in [0.1, 0.15) is 24.7 Å². The number of hydrogen-bond donors (Lipinski definition) is 0. The third kappa shape index (κ3) is 4.61. The minimum atomic E-state index is -0.689. The number of carbonyl (C=O) groups excluding carboxylic acids is 6. The first-order valence-electron chi connectivity index (χ1n) is 11.0. The Hall–Kier alpha value is -5.06. The zero-order valence-corrected chi connectivity index (χ0v) is 19.4. The van der Waals surface area contributed by atoms with Gasteiger partial charge in [0.25, 0.3) is 23.6 Å². The number of esters is 2. The second-order valence-corrected chi connectivity index (χ2v) is 7.73. The number of hydrogen-bond acceptors (Lipinski definition) is 9. The van der Waals surface area contributed by atoms with E-state index >= 15 is 0 Å². The minimum absolute atomic E-state index is 0.00782. The van der Waals surface area contributed by atoms with Crippen LogP contribution in [0.4, 0.5) is 0 Å². The van der Waals surface area contributed by atoms with Gasteiger partial charge >= 0.3 is 11.9 Å². The van der Waals surface area contributed by atoms with Crippen molar-refractivity contribution in [1.29, 1.82) is 0 Å². The maximum Gasteiger partial charge on any atom is 0.330 e. The van der Waals surface area contributed by atoms with Crippen molar-refractivity contribution in [3.8, 4) is 11.5 Å². The number of carbonyl (C=O) groups is 6. The Kier molecular flexibility index (Phi) is 6.96. The van der Waals surface area contributed by atoms with Gasteiger partial charge in [-0.3, -0.25) is 29.0 Å². The molecule has 11 heteroatoms. The van der Waals surface area contributed by atoms with Crippen LogP contribution in [0.15, 0.2) is 61.7 Å². The minimum Gasteiger partial charge on any atom is -0.461 e. The van der Waals surface area contributed by atoms with Crippen molar-refractivity contribution in [2.24, 2.45) is 0 Å². The molecule has 4 amide bonds. The van der Waals surface area contributed by atoms with Gasteiger partial charge < -0.3 is 14.2 Å². The number of amides is 4. The zero-order valence-electron chi connectivity index (χ0n) is 19.4. The Bertz CT molecular complexity index is 1270. The Labute approximate surface area is 210 Å². The molecule has 2 heterocycles. The van der Waals surface area contributed by atoms with Crippen LogP contribution >= 0.6 is 0 Å². The van der Waals surface area contributed by atoms with E-state index in [0.29, 0.717) is 0 Å². The SMILES string of the molecule is C=CC(=O)OCCN1C(=O)c2cccc(Oc3cccc4c3C(=O)N(CCOC(=O)C=C)C4=O)c2C1=O. The topological polar surface area (TPSA) is 137 Å². The molecule has 0 N–H and O–H groups in total. The summed E-state index contributed by atoms with van der Waals surface area (Å²) in [6.07, 6.45) is 1.93. The summed E-state index contributed by atoms with van der Waals surface area (Å²) >= 11 is 0. The molecule has 0 fully saturated rings. The highest BCUT2D eigenvalue weighted by Crippen LogP contribution is 2.38. The zero-order chi connectivity index (χ0) is 26.7. The summed E-state index contributed by atoms with van der Waals surface area (Å²) in [6, 6.07) is 8.84. The fourth-order valence-electron chi connectivity index (χ4n) is 3.89. The molecule has 0 atom stereocenters. The van der Waals surface area contributed by atoms with E-state index in [1.54, 1.807) is 0 Å². The summed E-state index contributed by atoms with van der Waals surface area (Å²) in [6.45, 7) is 5.78. The molecule has 2 aromatic carbocycles. The lowest BCUT2D eigenvalue weighted by Gasteiger charge is -2.14. The van der Waals surface area contributed by atoms with E-state index in [-0.39, 0.29) is 60.1 Å². The van der Waals surface area contributed by atoms with Gasteiger partial charge in [-0.1, -0.05) is 25.3 Å². The highest BCUT2D eigenvalue weighted by atomic mass is 16.5. The summed E-state index contributed by atoms with van der Waals surface area (Å²) in [5.41, 5.74) is 0.117. The molecular formula is C26H20N2O9. The Morgan fingerprint density at radius 3 is 1.46 bits per heavy atom. The second kappa shape index (κ2) is 10.3. The van der Waals surface area contributed by atoms with Crippen molar-refractivity contribution in [2.75, 3.05) is 26.3 Å². The van der Waals surface area contributed by atoms with Crippen LogP contribution in [0.5, 0.6) is 11.5 Å². The van der Waals surface area contributed by atoms with Gasteiger partial charge in [-0.05, 0) is 24.3 Å². The van der Waals surface area contributed by atoms with E-state index in [1.165, 1.54) is 36.4 Å². The molecule has 11 nitrogen and oxygen atoms in total. The summed E-state index contributed by atoms with van der Waals surface area (Å²) in [4.78, 5) is 76.1. The van der Waals surface area contributed by atoms with Crippen molar-refractivity contribution in [3.05, 3.63) is 84.0 Å². The smallest absolute Gasteiger partial charge is 0.330 e. The molecule has 0 bridgehead atoms. The second-order valence-electron chi connectivity index (χ2n) is 7.73. The van der Waals surface area contributed by atoms with E-state index in [4.69, 9.17) is 14.2 Å². The molecule has 0 unspecified atom stereocenters. The highest BCUT2D eigenvalue weighted by molar-refractivity contribution is 6.23. The van der Waals surface area contributed by atoms with Crippen molar-refractivity contribution >= 4 is 35.6 Å². The van der Waals surface area contributed by atoms with Crippen LogP contribution in [0.1, 0.15) is 41.4 Å². The van der Waals surface area contributed by atoms with Crippen molar-refractivity contribution in [2.45, 2.75) is 0 Å². The average Bonchev–Trinajstić information content (AvgIpc) is 3.29. The Morgan fingerprint density at radius 1 is 0.676 bits per heavy atom. The Balaban J connectivity index is 1.57. The fourth-order valence-corrected chi connectivity index (χ4v) is 3.89. The predicted octanol–water partition coefficient (Wildman–Crippen LogP) is 2.13. The number of imide groups is 2. The average molecular weight is 504 g/mol. The lowest BCUT2D eigenvalue weighted by molar-refractivity contribution is -0.138. The highest BCUT2D eigenvalue weighted by Gasteiger charge is 2.40. The van der Waals surface area contributed by atoms with E-state index in [1.807, 2.05) is 0 Å². The molecule has 0 saturated heterocycles. The van der Waals surface area contributed by atoms with Gasteiger partial charge in [0, 0.05) is 12.2 Å². The molecular weight excluding hydrogens is 484 g/mol. The first-order chi connectivity index (χ1) is 17.8. The van der Waals surface area contributed by atoms with Crippen LogP contribution < -0.4 is 4.74 Å². The molecule has 4 rings (SSSR count). The molecule has 37 heavy (non-hydrogen) atoms. The maximum absolute atomic E-state index is 13.1. The van der Waals surface area contributed by atoms with E-state index in [9.17, 15) is 28.8 Å². The molecule has 2 aromatic rings. The van der Waals surface area contributed by atoms with Crippen LogP contribution in [0.3, 0.4) is 0 Å². The summed E-state index contributed by atoms with van der Waals surface area (Å²) in [5.74, 6) is -3.87. The molecule has 0 aliphatic carbocycles. The molecule has 0 saturated carbocycles. The van der Waals surface area contributed by atoms with Gasteiger partial charge in [0.15, 0.2) is 0 Å². The van der Waals surface area contributed by atoms with Crippen molar-refractivity contribution < 1.29 is 43.0 Å². The first kappa shape index (κ1) is 25.0. The molecule has 0 spiro atoms. The third-order valence-electron chi connectivity index (χ3n) is 5.59. The van der Waals surface area contributed by atoms with Gasteiger partial charge in [-0.2, -0.15) is 0 Å². The van der Waals surface area contributed by atoms with Gasteiger partial charge in [0.05, 0.1) is 35.3 Å². The molecule has 2 aliphatic heterocycles. The lowest BCUT2D eigenvalue weighted by Crippen LogP contribution is -2.33. The van der Waals surface area contributed by atoms with E-state index in [2.05, 4.69) is 13.2 Å². The van der Waals surface area contributed by atoms with Gasteiger partial charge in [0.2, 0.25) is 0 Å². The van der Waals surface area contributed by atoms with Crippen LogP contribution in [0.25, 0.3) is 0 Å². The normalized spacial score (nSPS) is 13.8. The van der Waals surface area contributed by atoms with E-state index in [0.717, 1.165) is 22.0 Å². The standard InChI is InChI=1S/C26H20N2O9/c1-3-19(29)35-13-11-27-23(31)15-7-5-9-17(21(15)25(27)33)37-18-10-6-8-16-22(18)26(34)28(24(16)32)12-14-36-20(30)4-2/h3-10H,1-2,11-14H2. The molecule has 2 aliphatic rings. The molecule has 0 aromatic heterocycles. The van der Waals surface area contributed by atoms with Gasteiger partial charge in [-0.25, -0.2) is 9.59 Å². The largest absolute Gasteiger partial charge is 0.461 e. The van der Waals surface area contributed by atoms with Crippen molar-refractivity contribution in [3.63, 3.8) is 0 Å². The first-order valence-corrected chi connectivity index (χ1v) is 11.0. The van der Waals surface area contributed by atoms with E-state index < -0.39 is 35.6 Å². The monoisotopic (exact) mass is 504 g/mol. The Morgan fingerprint density at radius 2 is 1.08 bits per heavy atom. The summed E-state index contributed by atoms with van der Waals surface area (Å²) in [7, 11) is 0. The summed E-state index contributed by atoms with van der Waals surface area (Å²) in [5, 5.41) is 0. The fraction of sp³-hybridized carbons (Fsp3) is 0.154.